The Hall–Kier alpha value is -1.06. The molecule has 1 aromatic rings. The molecule has 1 aliphatic heterocycles. The van der Waals surface area contributed by atoms with Crippen LogP contribution in [0, 0.1) is 12.8 Å². The topological polar surface area (TPSA) is 32.7 Å². The Kier molecular flexibility index (Phi) is 4.61. The molecule has 2 unspecified atom stereocenters. The lowest BCUT2D eigenvalue weighted by atomic mass is 9.98. The molecule has 0 amide bonds. The van der Waals surface area contributed by atoms with E-state index in [1.54, 1.807) is 0 Å². The van der Waals surface area contributed by atoms with Crippen molar-refractivity contribution in [2.75, 3.05) is 31.2 Å². The second-order valence-corrected chi connectivity index (χ2v) is 5.07. The van der Waals surface area contributed by atoms with Crippen LogP contribution in [-0.2, 0) is 4.74 Å². The van der Waals surface area contributed by atoms with Gasteiger partial charge in [0.1, 0.15) is 0 Å². The van der Waals surface area contributed by atoms with E-state index in [0.717, 1.165) is 19.5 Å². The zero-order valence-electron chi connectivity index (χ0n) is 11.3. The highest BCUT2D eigenvalue weighted by Gasteiger charge is 2.25. The third-order valence-electron chi connectivity index (χ3n) is 3.64. The minimum absolute atomic E-state index is 0.221. The molecular formula is C15H23NO2. The van der Waals surface area contributed by atoms with Gasteiger partial charge in [-0.2, -0.15) is 0 Å². The van der Waals surface area contributed by atoms with Crippen LogP contribution in [0.25, 0.3) is 0 Å². The number of aliphatic hydroxyl groups is 1. The van der Waals surface area contributed by atoms with Crippen molar-refractivity contribution in [3.63, 3.8) is 0 Å². The summed E-state index contributed by atoms with van der Waals surface area (Å²) in [4.78, 5) is 2.32. The van der Waals surface area contributed by atoms with E-state index in [1.807, 2.05) is 0 Å². The summed E-state index contributed by atoms with van der Waals surface area (Å²) in [6, 6.07) is 8.52. The predicted molar refractivity (Wildman–Crippen MR) is 74.0 cm³/mol. The summed E-state index contributed by atoms with van der Waals surface area (Å²) in [5, 5.41) is 10.0. The van der Waals surface area contributed by atoms with Crippen LogP contribution in [0.2, 0.25) is 0 Å². The zero-order valence-corrected chi connectivity index (χ0v) is 11.3. The van der Waals surface area contributed by atoms with Gasteiger partial charge >= 0.3 is 0 Å². The highest BCUT2D eigenvalue weighted by Crippen LogP contribution is 2.21. The molecule has 0 bridgehead atoms. The van der Waals surface area contributed by atoms with Gasteiger partial charge in [0, 0.05) is 31.3 Å². The number of hydrogen-bond donors (Lipinski definition) is 1. The van der Waals surface area contributed by atoms with Crippen molar-refractivity contribution in [1.82, 2.24) is 0 Å². The van der Waals surface area contributed by atoms with Crippen molar-refractivity contribution in [1.29, 1.82) is 0 Å². The molecule has 0 spiro atoms. The largest absolute Gasteiger partial charge is 0.393 e. The molecule has 0 aromatic heterocycles. The SMILES string of the molecule is CCN(CC1COCCC1O)c1cccc(C)c1. The van der Waals surface area contributed by atoms with Crippen molar-refractivity contribution in [3.8, 4) is 0 Å². The molecule has 1 aliphatic rings. The standard InChI is InChI=1S/C15H23NO2/c1-3-16(14-6-4-5-12(2)9-14)10-13-11-18-8-7-15(13)17/h4-6,9,13,15,17H,3,7-8,10-11H2,1-2H3. The maximum absolute atomic E-state index is 10.0. The van der Waals surface area contributed by atoms with Gasteiger partial charge < -0.3 is 14.7 Å². The van der Waals surface area contributed by atoms with Crippen molar-refractivity contribution >= 4 is 5.69 Å². The first-order chi connectivity index (χ1) is 8.70. The highest BCUT2D eigenvalue weighted by atomic mass is 16.5. The number of ether oxygens (including phenoxy) is 1. The van der Waals surface area contributed by atoms with E-state index in [9.17, 15) is 5.11 Å². The number of hydrogen-bond acceptors (Lipinski definition) is 3. The van der Waals surface area contributed by atoms with Crippen molar-refractivity contribution in [3.05, 3.63) is 29.8 Å². The average molecular weight is 249 g/mol. The van der Waals surface area contributed by atoms with Crippen LogP contribution in [0.15, 0.2) is 24.3 Å². The first kappa shape index (κ1) is 13.4. The van der Waals surface area contributed by atoms with E-state index in [0.29, 0.717) is 13.2 Å². The Morgan fingerprint density at radius 1 is 1.44 bits per heavy atom. The van der Waals surface area contributed by atoms with Gasteiger partial charge in [-0.1, -0.05) is 12.1 Å². The summed E-state index contributed by atoms with van der Waals surface area (Å²) in [5.74, 6) is 0.221. The molecule has 3 nitrogen and oxygen atoms in total. The van der Waals surface area contributed by atoms with Gasteiger partial charge in [0.05, 0.1) is 12.7 Å². The normalized spacial score (nSPS) is 23.9. The molecule has 18 heavy (non-hydrogen) atoms. The van der Waals surface area contributed by atoms with E-state index in [1.165, 1.54) is 11.3 Å². The lowest BCUT2D eigenvalue weighted by molar-refractivity contribution is -0.0322. The van der Waals surface area contributed by atoms with Crippen LogP contribution in [0.1, 0.15) is 18.9 Å². The minimum atomic E-state index is -0.224. The molecule has 100 valence electrons. The molecule has 1 aromatic carbocycles. The third-order valence-corrected chi connectivity index (χ3v) is 3.64. The Labute approximate surface area is 109 Å². The van der Waals surface area contributed by atoms with E-state index < -0.39 is 0 Å². The Balaban J connectivity index is 2.04. The van der Waals surface area contributed by atoms with Crippen LogP contribution in [0.4, 0.5) is 5.69 Å². The number of nitrogens with zero attached hydrogens (tertiary/aromatic N) is 1. The predicted octanol–water partition coefficient (Wildman–Crippen LogP) is 2.22. The molecule has 1 saturated heterocycles. The summed E-state index contributed by atoms with van der Waals surface area (Å²) >= 11 is 0. The lowest BCUT2D eigenvalue weighted by Crippen LogP contribution is -2.41. The van der Waals surface area contributed by atoms with Gasteiger partial charge in [-0.25, -0.2) is 0 Å². The fraction of sp³-hybridized carbons (Fsp3) is 0.600. The summed E-state index contributed by atoms with van der Waals surface area (Å²) < 4.78 is 5.47. The molecule has 0 radical (unpaired) electrons. The maximum Gasteiger partial charge on any atom is 0.0629 e. The number of rotatable bonds is 4. The van der Waals surface area contributed by atoms with Crippen LogP contribution in [0.5, 0.6) is 0 Å². The Morgan fingerprint density at radius 2 is 2.28 bits per heavy atom. The maximum atomic E-state index is 10.0. The van der Waals surface area contributed by atoms with Gasteiger partial charge in [0.25, 0.3) is 0 Å². The molecule has 0 aliphatic carbocycles. The van der Waals surface area contributed by atoms with E-state index in [4.69, 9.17) is 4.74 Å². The summed E-state index contributed by atoms with van der Waals surface area (Å²) in [7, 11) is 0. The van der Waals surface area contributed by atoms with Crippen molar-refractivity contribution in [2.45, 2.75) is 26.4 Å². The molecular weight excluding hydrogens is 226 g/mol. The van der Waals surface area contributed by atoms with Crippen molar-refractivity contribution in [2.24, 2.45) is 5.92 Å². The molecule has 0 saturated carbocycles. The molecule has 2 atom stereocenters. The first-order valence-electron chi connectivity index (χ1n) is 6.78. The number of aryl methyl sites for hydroxylation is 1. The van der Waals surface area contributed by atoms with Gasteiger partial charge in [-0.05, 0) is 38.0 Å². The molecule has 1 fully saturated rings. The van der Waals surface area contributed by atoms with E-state index >= 15 is 0 Å². The molecule has 2 rings (SSSR count). The minimum Gasteiger partial charge on any atom is -0.393 e. The monoisotopic (exact) mass is 249 g/mol. The summed E-state index contributed by atoms with van der Waals surface area (Å²) in [6.45, 7) is 7.43. The highest BCUT2D eigenvalue weighted by molar-refractivity contribution is 5.48. The zero-order chi connectivity index (χ0) is 13.0. The second kappa shape index (κ2) is 6.21. The van der Waals surface area contributed by atoms with Gasteiger partial charge in [0.15, 0.2) is 0 Å². The van der Waals surface area contributed by atoms with Gasteiger partial charge in [-0.15, -0.1) is 0 Å². The second-order valence-electron chi connectivity index (χ2n) is 5.07. The lowest BCUT2D eigenvalue weighted by Gasteiger charge is -2.33. The van der Waals surface area contributed by atoms with E-state index in [2.05, 4.69) is 43.0 Å². The third kappa shape index (κ3) is 3.24. The molecule has 3 heteroatoms. The first-order valence-corrected chi connectivity index (χ1v) is 6.78. The quantitative estimate of drug-likeness (QED) is 0.888. The smallest absolute Gasteiger partial charge is 0.0629 e. The van der Waals surface area contributed by atoms with Gasteiger partial charge in [-0.3, -0.25) is 0 Å². The fourth-order valence-electron chi connectivity index (χ4n) is 2.48. The number of benzene rings is 1. The van der Waals surface area contributed by atoms with Crippen LogP contribution in [-0.4, -0.2) is 37.5 Å². The number of anilines is 1. The summed E-state index contributed by atoms with van der Waals surface area (Å²) in [5.41, 5.74) is 2.50. The van der Waals surface area contributed by atoms with Crippen molar-refractivity contribution < 1.29 is 9.84 Å². The number of aliphatic hydroxyl groups excluding tert-OH is 1. The Morgan fingerprint density at radius 3 is 2.94 bits per heavy atom. The van der Waals surface area contributed by atoms with Gasteiger partial charge in [0.2, 0.25) is 0 Å². The van der Waals surface area contributed by atoms with E-state index in [-0.39, 0.29) is 12.0 Å². The summed E-state index contributed by atoms with van der Waals surface area (Å²) in [6.07, 6.45) is 0.536. The Bertz CT molecular complexity index is 381. The molecule has 1 heterocycles. The average Bonchev–Trinajstić information content (AvgIpc) is 2.38. The van der Waals surface area contributed by atoms with Crippen LogP contribution in [0.3, 0.4) is 0 Å². The molecule has 1 N–H and O–H groups in total. The van der Waals surface area contributed by atoms with Crippen LogP contribution >= 0.6 is 0 Å². The van der Waals surface area contributed by atoms with Crippen LogP contribution < -0.4 is 4.90 Å². The fourth-order valence-corrected chi connectivity index (χ4v) is 2.48.